The Morgan fingerprint density at radius 2 is 1.73 bits per heavy atom. The number of benzene rings is 2. The number of halogens is 4. The number of hydrogen-bond donors (Lipinski definition) is 1. The fourth-order valence-electron chi connectivity index (χ4n) is 3.02. The number of hydrogen-bond acceptors (Lipinski definition) is 4. The van der Waals surface area contributed by atoms with Crippen molar-refractivity contribution in [1.82, 2.24) is 4.90 Å². The zero-order valence-electron chi connectivity index (χ0n) is 16.1. The molecular weight excluding hydrogens is 421 g/mol. The number of carbonyl (C=O) groups is 2. The molecule has 0 aliphatic carbocycles. The first-order valence-electron chi connectivity index (χ1n) is 9.04. The molecule has 0 saturated carbocycles. The molecule has 0 unspecified atom stereocenters. The molecule has 0 radical (unpaired) electrons. The smallest absolute Gasteiger partial charge is 0.406 e. The number of anilines is 1. The van der Waals surface area contributed by atoms with Crippen LogP contribution >= 0.6 is 11.6 Å². The van der Waals surface area contributed by atoms with E-state index in [1.165, 1.54) is 12.1 Å². The molecule has 30 heavy (non-hydrogen) atoms. The Balaban J connectivity index is 2.01. The lowest BCUT2D eigenvalue weighted by Gasteiger charge is -2.17. The molecule has 0 spiro atoms. The number of rotatable bonds is 6. The van der Waals surface area contributed by atoms with Crippen molar-refractivity contribution in [2.75, 3.05) is 11.9 Å². The maximum atomic E-state index is 13.0. The molecule has 1 N–H and O–H groups in total. The molecule has 0 aromatic heterocycles. The van der Waals surface area contributed by atoms with E-state index in [2.05, 4.69) is 10.1 Å². The fraction of sp³-hybridized carbons (Fsp3) is 0.238. The normalized spacial score (nSPS) is 14.7. The van der Waals surface area contributed by atoms with Crippen LogP contribution in [0.15, 0.2) is 54.2 Å². The Hall–Kier alpha value is -3.00. The zero-order valence-corrected chi connectivity index (χ0v) is 16.8. The number of alkyl halides is 3. The summed E-state index contributed by atoms with van der Waals surface area (Å²) in [7, 11) is 0. The van der Waals surface area contributed by atoms with Gasteiger partial charge in [0.25, 0.3) is 11.8 Å². The molecular formula is C21H18ClF3N2O3. The van der Waals surface area contributed by atoms with E-state index in [0.717, 1.165) is 17.0 Å². The second-order valence-corrected chi connectivity index (χ2v) is 7.51. The van der Waals surface area contributed by atoms with Crippen LogP contribution in [-0.4, -0.2) is 29.6 Å². The van der Waals surface area contributed by atoms with E-state index in [4.69, 9.17) is 11.6 Å². The van der Waals surface area contributed by atoms with Gasteiger partial charge in [-0.1, -0.05) is 43.6 Å². The molecule has 2 aromatic rings. The summed E-state index contributed by atoms with van der Waals surface area (Å²) in [6.45, 7) is 3.94. The van der Waals surface area contributed by atoms with Gasteiger partial charge < -0.3 is 10.1 Å². The maximum absolute atomic E-state index is 13.0. The van der Waals surface area contributed by atoms with Gasteiger partial charge in [-0.15, -0.1) is 13.2 Å². The Labute approximate surface area is 176 Å². The fourth-order valence-corrected chi connectivity index (χ4v) is 3.15. The monoisotopic (exact) mass is 438 g/mol. The average Bonchev–Trinajstić information content (AvgIpc) is 2.86. The van der Waals surface area contributed by atoms with Crippen LogP contribution in [0.4, 0.5) is 18.9 Å². The Morgan fingerprint density at radius 1 is 1.07 bits per heavy atom. The van der Waals surface area contributed by atoms with Crippen molar-refractivity contribution in [3.63, 3.8) is 0 Å². The zero-order chi connectivity index (χ0) is 22.1. The molecule has 9 heteroatoms. The molecule has 3 rings (SSSR count). The second kappa shape index (κ2) is 8.39. The number of nitrogens with zero attached hydrogens (tertiary/aromatic N) is 1. The second-order valence-electron chi connectivity index (χ2n) is 7.07. The summed E-state index contributed by atoms with van der Waals surface area (Å²) in [5.41, 5.74) is 0.742. The van der Waals surface area contributed by atoms with Crippen LogP contribution in [0.5, 0.6) is 5.75 Å². The molecule has 5 nitrogen and oxygen atoms in total. The maximum Gasteiger partial charge on any atom is 0.573 e. The lowest BCUT2D eigenvalue weighted by Crippen LogP contribution is -2.35. The third-order valence-corrected chi connectivity index (χ3v) is 4.44. The van der Waals surface area contributed by atoms with Crippen LogP contribution in [0.25, 0.3) is 5.57 Å². The van der Waals surface area contributed by atoms with Crippen molar-refractivity contribution < 1.29 is 27.5 Å². The molecule has 0 fully saturated rings. The minimum Gasteiger partial charge on any atom is -0.406 e. The van der Waals surface area contributed by atoms with E-state index >= 15 is 0 Å². The summed E-state index contributed by atoms with van der Waals surface area (Å²) in [4.78, 5) is 27.1. The summed E-state index contributed by atoms with van der Waals surface area (Å²) in [6, 6.07) is 11.4. The van der Waals surface area contributed by atoms with Crippen LogP contribution in [-0.2, 0) is 9.59 Å². The quantitative estimate of drug-likeness (QED) is 0.638. The van der Waals surface area contributed by atoms with Gasteiger partial charge in [0.2, 0.25) is 0 Å². The van der Waals surface area contributed by atoms with Crippen molar-refractivity contribution in [3.05, 3.63) is 64.8 Å². The SMILES string of the molecule is CC(C)CN1C(=O)C(Nc2cccc(OC(F)(F)F)c2)=C(c2ccc(Cl)cc2)C1=O. The number of carbonyl (C=O) groups excluding carboxylic acids is 2. The number of ether oxygens (including phenoxy) is 1. The number of imide groups is 1. The van der Waals surface area contributed by atoms with E-state index < -0.39 is 23.9 Å². The van der Waals surface area contributed by atoms with Gasteiger partial charge in [-0.3, -0.25) is 14.5 Å². The summed E-state index contributed by atoms with van der Waals surface area (Å²) in [5.74, 6) is -1.45. The van der Waals surface area contributed by atoms with Crippen LogP contribution in [0.1, 0.15) is 19.4 Å². The summed E-state index contributed by atoms with van der Waals surface area (Å²) >= 11 is 5.92. The predicted octanol–water partition coefficient (Wildman–Crippen LogP) is 5.09. The molecule has 0 saturated heterocycles. The van der Waals surface area contributed by atoms with Gasteiger partial charge in [-0.2, -0.15) is 0 Å². The van der Waals surface area contributed by atoms with Crippen molar-refractivity contribution in [2.45, 2.75) is 20.2 Å². The summed E-state index contributed by atoms with van der Waals surface area (Å²) in [5, 5.41) is 3.26. The highest BCUT2D eigenvalue weighted by atomic mass is 35.5. The van der Waals surface area contributed by atoms with Gasteiger partial charge in [0.15, 0.2) is 0 Å². The Bertz CT molecular complexity index is 1000. The average molecular weight is 439 g/mol. The van der Waals surface area contributed by atoms with Gasteiger partial charge in [0.05, 0.1) is 5.57 Å². The van der Waals surface area contributed by atoms with Crippen molar-refractivity contribution in [2.24, 2.45) is 5.92 Å². The molecule has 1 aliphatic heterocycles. The summed E-state index contributed by atoms with van der Waals surface area (Å²) in [6.07, 6.45) is -4.85. The predicted molar refractivity (Wildman–Crippen MR) is 107 cm³/mol. The highest BCUT2D eigenvalue weighted by molar-refractivity contribution is 6.36. The molecule has 158 valence electrons. The largest absolute Gasteiger partial charge is 0.573 e. The minimum atomic E-state index is -4.85. The molecule has 1 aliphatic rings. The number of nitrogens with one attached hydrogen (secondary N) is 1. The van der Waals surface area contributed by atoms with Crippen molar-refractivity contribution in [3.8, 4) is 5.75 Å². The summed E-state index contributed by atoms with van der Waals surface area (Å²) < 4.78 is 41.5. The Morgan fingerprint density at radius 3 is 2.33 bits per heavy atom. The Kier molecular flexibility index (Phi) is 6.07. The standard InChI is InChI=1S/C21H18ClF3N2O3/c1-12(2)11-27-19(28)17(13-6-8-14(22)9-7-13)18(20(27)29)26-15-4-3-5-16(10-15)30-21(23,24)25/h3-10,12,26H,11H2,1-2H3. The molecule has 1 heterocycles. The lowest BCUT2D eigenvalue weighted by atomic mass is 10.0. The third kappa shape index (κ3) is 4.94. The van der Waals surface area contributed by atoms with Crippen molar-refractivity contribution >= 4 is 34.7 Å². The highest BCUT2D eigenvalue weighted by Crippen LogP contribution is 2.33. The van der Waals surface area contributed by atoms with Gasteiger partial charge in [-0.05, 0) is 35.7 Å². The van der Waals surface area contributed by atoms with E-state index in [-0.39, 0.29) is 29.4 Å². The topological polar surface area (TPSA) is 58.6 Å². The van der Waals surface area contributed by atoms with Gasteiger partial charge in [0, 0.05) is 23.3 Å². The first-order valence-corrected chi connectivity index (χ1v) is 9.42. The third-order valence-electron chi connectivity index (χ3n) is 4.19. The number of amides is 2. The van der Waals surface area contributed by atoms with E-state index in [1.54, 1.807) is 24.3 Å². The molecule has 2 aromatic carbocycles. The van der Waals surface area contributed by atoms with Crippen LogP contribution in [0, 0.1) is 5.92 Å². The highest BCUT2D eigenvalue weighted by Gasteiger charge is 2.39. The van der Waals surface area contributed by atoms with E-state index in [1.807, 2.05) is 13.8 Å². The van der Waals surface area contributed by atoms with Crippen molar-refractivity contribution in [1.29, 1.82) is 0 Å². The van der Waals surface area contributed by atoms with Gasteiger partial charge in [-0.25, -0.2) is 0 Å². The first kappa shape index (κ1) is 21.7. The lowest BCUT2D eigenvalue weighted by molar-refractivity contribution is -0.274. The van der Waals surface area contributed by atoms with Gasteiger partial charge >= 0.3 is 6.36 Å². The molecule has 2 amide bonds. The first-order chi connectivity index (χ1) is 14.0. The molecule has 0 atom stereocenters. The van der Waals surface area contributed by atoms with E-state index in [0.29, 0.717) is 10.6 Å². The van der Waals surface area contributed by atoms with Crippen LogP contribution in [0.3, 0.4) is 0 Å². The van der Waals surface area contributed by atoms with Crippen LogP contribution in [0.2, 0.25) is 5.02 Å². The minimum absolute atomic E-state index is 0.0212. The van der Waals surface area contributed by atoms with Gasteiger partial charge in [0.1, 0.15) is 11.4 Å². The molecule has 0 bridgehead atoms. The van der Waals surface area contributed by atoms with E-state index in [9.17, 15) is 22.8 Å². The van der Waals surface area contributed by atoms with Crippen LogP contribution < -0.4 is 10.1 Å².